The second kappa shape index (κ2) is 3.77. The molecule has 0 saturated carbocycles. The number of furan rings is 1. The van der Waals surface area contributed by atoms with Gasteiger partial charge in [-0.15, -0.1) is 0 Å². The van der Waals surface area contributed by atoms with Gasteiger partial charge in [0.1, 0.15) is 5.76 Å². The zero-order valence-electron chi connectivity index (χ0n) is 10.2. The second-order valence-electron chi connectivity index (χ2n) is 4.96. The summed E-state index contributed by atoms with van der Waals surface area (Å²) in [6.07, 6.45) is 5.46. The topological polar surface area (TPSA) is 18.1 Å². The van der Waals surface area contributed by atoms with Crippen LogP contribution in [0.5, 0.6) is 0 Å². The fraction of sp³-hybridized carbons (Fsp3) is 0.250. The molecule has 1 aliphatic carbocycles. The summed E-state index contributed by atoms with van der Waals surface area (Å²) in [6, 6.07) is 12.7. The van der Waals surface area contributed by atoms with Crippen molar-refractivity contribution < 1.29 is 4.42 Å². The van der Waals surface area contributed by atoms with Gasteiger partial charge in [-0.2, -0.15) is 0 Å². The molecule has 0 amide bonds. The minimum atomic E-state index is 0.850. The van der Waals surface area contributed by atoms with Gasteiger partial charge >= 0.3 is 0 Å². The molecule has 0 aliphatic heterocycles. The first kappa shape index (κ1) is 10.0. The van der Waals surface area contributed by atoms with Crippen LogP contribution in [0.15, 0.2) is 47.1 Å². The Kier molecular flexibility index (Phi) is 2.10. The lowest BCUT2D eigenvalue weighted by Crippen LogP contribution is -2.02. The summed E-state index contributed by atoms with van der Waals surface area (Å²) in [5, 5.41) is 1.43. The van der Waals surface area contributed by atoms with Gasteiger partial charge in [-0.3, -0.25) is 0 Å². The zero-order valence-corrected chi connectivity index (χ0v) is 10.2. The van der Waals surface area contributed by atoms with E-state index in [2.05, 4.69) is 34.9 Å². The van der Waals surface area contributed by atoms with Gasteiger partial charge in [-0.25, -0.2) is 0 Å². The van der Waals surface area contributed by atoms with Gasteiger partial charge in [0.05, 0.1) is 12.8 Å². The minimum Gasteiger partial charge on any atom is -0.467 e. The van der Waals surface area contributed by atoms with Crippen LogP contribution < -0.4 is 0 Å². The smallest absolute Gasteiger partial charge is 0.123 e. The molecule has 3 aromatic rings. The molecule has 0 atom stereocenters. The highest BCUT2D eigenvalue weighted by molar-refractivity contribution is 5.86. The van der Waals surface area contributed by atoms with Gasteiger partial charge in [0, 0.05) is 16.6 Å². The lowest BCUT2D eigenvalue weighted by atomic mass is 10.1. The molecule has 0 spiro atoms. The van der Waals surface area contributed by atoms with Crippen molar-refractivity contribution in [3.05, 3.63) is 59.7 Å². The molecular weight excluding hydrogens is 222 g/mol. The Bertz CT molecular complexity index is 691. The van der Waals surface area contributed by atoms with Crippen LogP contribution in [0.2, 0.25) is 0 Å². The zero-order chi connectivity index (χ0) is 11.9. The minimum absolute atomic E-state index is 0.850. The molecule has 2 heterocycles. The highest BCUT2D eigenvalue weighted by Crippen LogP contribution is 2.33. The fourth-order valence-corrected chi connectivity index (χ4v) is 3.16. The highest BCUT2D eigenvalue weighted by Gasteiger charge is 2.21. The van der Waals surface area contributed by atoms with Gasteiger partial charge in [-0.05, 0) is 43.0 Å². The van der Waals surface area contributed by atoms with E-state index < -0.39 is 0 Å². The van der Waals surface area contributed by atoms with E-state index in [0.717, 1.165) is 12.3 Å². The van der Waals surface area contributed by atoms with Crippen molar-refractivity contribution in [3.8, 4) is 0 Å². The lowest BCUT2D eigenvalue weighted by Gasteiger charge is -2.07. The Morgan fingerprint density at radius 3 is 2.89 bits per heavy atom. The first-order valence-electron chi connectivity index (χ1n) is 6.55. The van der Waals surface area contributed by atoms with E-state index in [1.54, 1.807) is 11.8 Å². The van der Waals surface area contributed by atoms with Crippen molar-refractivity contribution in [2.45, 2.75) is 25.8 Å². The molecule has 0 saturated heterocycles. The standard InChI is InChI=1S/C16H15NO/c1-2-8-15-13(6-1)14-7-3-9-16(14)17(15)11-12-5-4-10-18-12/h1-2,4-6,8,10H,3,7,9,11H2. The van der Waals surface area contributed by atoms with E-state index in [0.29, 0.717) is 0 Å². The van der Waals surface area contributed by atoms with Crippen molar-refractivity contribution >= 4 is 10.9 Å². The first-order valence-corrected chi connectivity index (χ1v) is 6.55. The Labute approximate surface area is 106 Å². The maximum atomic E-state index is 5.49. The molecule has 1 aliphatic rings. The molecule has 0 bridgehead atoms. The third-order valence-corrected chi connectivity index (χ3v) is 3.93. The number of benzene rings is 1. The number of hydrogen-bond acceptors (Lipinski definition) is 1. The predicted octanol–water partition coefficient (Wildman–Crippen LogP) is 3.77. The van der Waals surface area contributed by atoms with Crippen LogP contribution in [0.4, 0.5) is 0 Å². The molecule has 2 aromatic heterocycles. The van der Waals surface area contributed by atoms with E-state index in [1.165, 1.54) is 35.9 Å². The number of fused-ring (bicyclic) bond motifs is 3. The van der Waals surface area contributed by atoms with E-state index in [4.69, 9.17) is 4.42 Å². The van der Waals surface area contributed by atoms with Gasteiger partial charge in [0.2, 0.25) is 0 Å². The van der Waals surface area contributed by atoms with Crippen LogP contribution >= 0.6 is 0 Å². The number of rotatable bonds is 2. The molecule has 0 radical (unpaired) electrons. The van der Waals surface area contributed by atoms with Crippen LogP contribution in [0.25, 0.3) is 10.9 Å². The maximum Gasteiger partial charge on any atom is 0.123 e. The fourth-order valence-electron chi connectivity index (χ4n) is 3.16. The van der Waals surface area contributed by atoms with E-state index >= 15 is 0 Å². The normalized spacial score (nSPS) is 14.2. The second-order valence-corrected chi connectivity index (χ2v) is 4.96. The summed E-state index contributed by atoms with van der Waals surface area (Å²) in [5.41, 5.74) is 4.41. The average Bonchev–Trinajstić information content (AvgIpc) is 3.10. The molecule has 0 N–H and O–H groups in total. The number of aromatic nitrogens is 1. The van der Waals surface area contributed by atoms with Crippen molar-refractivity contribution in [3.63, 3.8) is 0 Å². The van der Waals surface area contributed by atoms with E-state index in [-0.39, 0.29) is 0 Å². The number of nitrogens with zero attached hydrogens (tertiary/aromatic N) is 1. The molecule has 2 heteroatoms. The predicted molar refractivity (Wildman–Crippen MR) is 71.8 cm³/mol. The van der Waals surface area contributed by atoms with Crippen LogP contribution in [0, 0.1) is 0 Å². The van der Waals surface area contributed by atoms with Crippen molar-refractivity contribution in [1.29, 1.82) is 0 Å². The first-order chi connectivity index (χ1) is 8.93. The van der Waals surface area contributed by atoms with Crippen LogP contribution in [0.3, 0.4) is 0 Å². The maximum absolute atomic E-state index is 5.49. The molecule has 2 nitrogen and oxygen atoms in total. The van der Waals surface area contributed by atoms with Crippen molar-refractivity contribution in [1.82, 2.24) is 4.57 Å². The quantitative estimate of drug-likeness (QED) is 0.663. The van der Waals surface area contributed by atoms with Gasteiger partial charge in [0.25, 0.3) is 0 Å². The van der Waals surface area contributed by atoms with Crippen LogP contribution in [0.1, 0.15) is 23.4 Å². The summed E-state index contributed by atoms with van der Waals surface area (Å²) in [6.45, 7) is 0.850. The van der Waals surface area contributed by atoms with E-state index in [1.807, 2.05) is 6.07 Å². The molecule has 0 unspecified atom stereocenters. The largest absolute Gasteiger partial charge is 0.467 e. The SMILES string of the molecule is c1coc(Cn2c3c(c4ccccc42)CCC3)c1. The van der Waals surface area contributed by atoms with Crippen molar-refractivity contribution in [2.24, 2.45) is 0 Å². The summed E-state index contributed by atoms with van der Waals surface area (Å²) >= 11 is 0. The number of aryl methyl sites for hydroxylation is 1. The number of para-hydroxylation sites is 1. The summed E-state index contributed by atoms with van der Waals surface area (Å²) in [7, 11) is 0. The van der Waals surface area contributed by atoms with Gasteiger partial charge < -0.3 is 8.98 Å². The Morgan fingerprint density at radius 2 is 2.00 bits per heavy atom. The monoisotopic (exact) mass is 237 g/mol. The number of hydrogen-bond donors (Lipinski definition) is 0. The summed E-state index contributed by atoms with van der Waals surface area (Å²) in [5.74, 6) is 1.03. The summed E-state index contributed by atoms with van der Waals surface area (Å²) < 4.78 is 7.92. The van der Waals surface area contributed by atoms with E-state index in [9.17, 15) is 0 Å². The molecule has 18 heavy (non-hydrogen) atoms. The molecule has 90 valence electrons. The Balaban J connectivity index is 1.93. The van der Waals surface area contributed by atoms with Gasteiger partial charge in [-0.1, -0.05) is 18.2 Å². The van der Waals surface area contributed by atoms with Crippen molar-refractivity contribution in [2.75, 3.05) is 0 Å². The molecule has 4 rings (SSSR count). The molecular formula is C16H15NO. The Hall–Kier alpha value is -1.96. The third kappa shape index (κ3) is 1.35. The third-order valence-electron chi connectivity index (χ3n) is 3.93. The van der Waals surface area contributed by atoms with Crippen LogP contribution in [-0.2, 0) is 19.4 Å². The average molecular weight is 237 g/mol. The Morgan fingerprint density at radius 1 is 1.06 bits per heavy atom. The van der Waals surface area contributed by atoms with Gasteiger partial charge in [0.15, 0.2) is 0 Å². The molecule has 1 aromatic carbocycles. The molecule has 0 fully saturated rings. The van der Waals surface area contributed by atoms with Crippen LogP contribution in [-0.4, -0.2) is 4.57 Å². The summed E-state index contributed by atoms with van der Waals surface area (Å²) in [4.78, 5) is 0. The lowest BCUT2D eigenvalue weighted by molar-refractivity contribution is 0.493. The highest BCUT2D eigenvalue weighted by atomic mass is 16.3.